The SMILES string of the molecule is c1cc(-c2c3ccccc3c(-c3cccc4ccccc34)c3cc(-c4cccc5ccccc45)ccc23)cc(-c2cc3ccccc3c3ccccc23)c1. The van der Waals surface area contributed by atoms with E-state index in [2.05, 4.69) is 206 Å². The molecule has 250 valence electrons. The second-order valence-corrected chi connectivity index (χ2v) is 14.4. The summed E-state index contributed by atoms with van der Waals surface area (Å²) in [5.41, 5.74) is 9.96. The van der Waals surface area contributed by atoms with E-state index in [0.717, 1.165) is 0 Å². The Bertz CT molecular complexity index is 3260. The number of hydrogen-bond acceptors (Lipinski definition) is 0. The lowest BCUT2D eigenvalue weighted by Gasteiger charge is -2.20. The minimum absolute atomic E-state index is 1.22. The molecule has 11 rings (SSSR count). The largest absolute Gasteiger partial charge is 0.0616 e. The highest BCUT2D eigenvalue weighted by Gasteiger charge is 2.20. The fourth-order valence-electron chi connectivity index (χ4n) is 9.00. The Hall–Kier alpha value is -7.02. The third-order valence-corrected chi connectivity index (χ3v) is 11.4. The fraction of sp³-hybridized carbons (Fsp3) is 0. The van der Waals surface area contributed by atoms with Gasteiger partial charge in [-0.25, -0.2) is 0 Å². The Morgan fingerprint density at radius 2 is 0.667 bits per heavy atom. The highest BCUT2D eigenvalue weighted by molar-refractivity contribution is 6.24. The van der Waals surface area contributed by atoms with E-state index in [1.54, 1.807) is 0 Å². The van der Waals surface area contributed by atoms with Crippen LogP contribution in [-0.4, -0.2) is 0 Å². The summed E-state index contributed by atoms with van der Waals surface area (Å²) < 4.78 is 0. The van der Waals surface area contributed by atoms with Crippen LogP contribution in [-0.2, 0) is 0 Å². The Labute approximate surface area is 314 Å². The summed E-state index contributed by atoms with van der Waals surface area (Å²) in [5.74, 6) is 0. The van der Waals surface area contributed by atoms with Gasteiger partial charge in [0.2, 0.25) is 0 Å². The molecule has 0 unspecified atom stereocenters. The normalized spacial score (nSPS) is 11.7. The van der Waals surface area contributed by atoms with E-state index in [1.807, 2.05) is 0 Å². The number of benzene rings is 11. The molecule has 0 aliphatic carbocycles. The summed E-state index contributed by atoms with van der Waals surface area (Å²) in [4.78, 5) is 0. The second kappa shape index (κ2) is 12.3. The van der Waals surface area contributed by atoms with Gasteiger partial charge in [0.15, 0.2) is 0 Å². The molecule has 0 atom stereocenters. The van der Waals surface area contributed by atoms with E-state index in [1.165, 1.54) is 109 Å². The van der Waals surface area contributed by atoms with Gasteiger partial charge in [-0.2, -0.15) is 0 Å². The number of hydrogen-bond donors (Lipinski definition) is 0. The van der Waals surface area contributed by atoms with Crippen LogP contribution < -0.4 is 0 Å². The predicted molar refractivity (Wildman–Crippen MR) is 233 cm³/mol. The first-order chi connectivity index (χ1) is 26.8. The highest BCUT2D eigenvalue weighted by Crippen LogP contribution is 2.47. The van der Waals surface area contributed by atoms with Gasteiger partial charge < -0.3 is 0 Å². The average Bonchev–Trinajstić information content (AvgIpc) is 3.25. The Balaban J connectivity index is 1.23. The molecule has 0 heterocycles. The van der Waals surface area contributed by atoms with E-state index in [-0.39, 0.29) is 0 Å². The molecule has 0 radical (unpaired) electrons. The van der Waals surface area contributed by atoms with Crippen molar-refractivity contribution in [1.29, 1.82) is 0 Å². The van der Waals surface area contributed by atoms with E-state index in [0.29, 0.717) is 0 Å². The van der Waals surface area contributed by atoms with Crippen molar-refractivity contribution in [3.8, 4) is 44.5 Å². The summed E-state index contributed by atoms with van der Waals surface area (Å²) in [7, 11) is 0. The molecule has 0 heteroatoms. The quantitative estimate of drug-likeness (QED) is 0.128. The average molecular weight is 683 g/mol. The van der Waals surface area contributed by atoms with Crippen molar-refractivity contribution in [1.82, 2.24) is 0 Å². The molecule has 0 N–H and O–H groups in total. The molecule has 11 aromatic carbocycles. The molecule has 0 spiro atoms. The molecule has 0 aliphatic heterocycles. The van der Waals surface area contributed by atoms with Crippen LogP contribution in [0.25, 0.3) is 109 Å². The van der Waals surface area contributed by atoms with Crippen molar-refractivity contribution >= 4 is 64.6 Å². The third-order valence-electron chi connectivity index (χ3n) is 11.4. The molecule has 0 amide bonds. The zero-order valence-electron chi connectivity index (χ0n) is 29.6. The molecule has 0 bridgehead atoms. The van der Waals surface area contributed by atoms with Gasteiger partial charge >= 0.3 is 0 Å². The van der Waals surface area contributed by atoms with Gasteiger partial charge in [0.1, 0.15) is 0 Å². The summed E-state index contributed by atoms with van der Waals surface area (Å²) in [5, 5.41) is 15.2. The van der Waals surface area contributed by atoms with Gasteiger partial charge in [-0.3, -0.25) is 0 Å². The van der Waals surface area contributed by atoms with Gasteiger partial charge in [0.05, 0.1) is 0 Å². The molecular weight excluding hydrogens is 649 g/mol. The third kappa shape index (κ3) is 4.78. The predicted octanol–water partition coefficient (Wildman–Crippen LogP) is 15.3. The van der Waals surface area contributed by atoms with Crippen LogP contribution >= 0.6 is 0 Å². The lowest BCUT2D eigenvalue weighted by Crippen LogP contribution is -1.93. The lowest BCUT2D eigenvalue weighted by molar-refractivity contribution is 1.64. The maximum absolute atomic E-state index is 2.45. The van der Waals surface area contributed by atoms with E-state index < -0.39 is 0 Å². The summed E-state index contributed by atoms with van der Waals surface area (Å²) in [6.45, 7) is 0. The zero-order valence-corrected chi connectivity index (χ0v) is 29.6. The molecule has 54 heavy (non-hydrogen) atoms. The molecular formula is C54H34. The van der Waals surface area contributed by atoms with Crippen molar-refractivity contribution in [2.75, 3.05) is 0 Å². The highest BCUT2D eigenvalue weighted by atomic mass is 14.2. The van der Waals surface area contributed by atoms with Crippen LogP contribution in [0, 0.1) is 0 Å². The van der Waals surface area contributed by atoms with Gasteiger partial charge in [-0.05, 0) is 127 Å². The smallest absolute Gasteiger partial charge is 0.00199 e. The summed E-state index contributed by atoms with van der Waals surface area (Å²) in [6, 6.07) is 76.2. The molecule has 11 aromatic rings. The van der Waals surface area contributed by atoms with Crippen LogP contribution in [0.3, 0.4) is 0 Å². The Morgan fingerprint density at radius 1 is 0.185 bits per heavy atom. The molecule has 0 aliphatic rings. The topological polar surface area (TPSA) is 0 Å². The van der Waals surface area contributed by atoms with Crippen molar-refractivity contribution in [3.63, 3.8) is 0 Å². The summed E-state index contributed by atoms with van der Waals surface area (Å²) in [6.07, 6.45) is 0. The minimum atomic E-state index is 1.22. The van der Waals surface area contributed by atoms with Crippen molar-refractivity contribution < 1.29 is 0 Å². The molecule has 0 aromatic heterocycles. The minimum Gasteiger partial charge on any atom is -0.0616 e. The first-order valence-corrected chi connectivity index (χ1v) is 18.8. The van der Waals surface area contributed by atoms with Crippen molar-refractivity contribution in [2.24, 2.45) is 0 Å². The first-order valence-electron chi connectivity index (χ1n) is 18.8. The van der Waals surface area contributed by atoms with E-state index in [4.69, 9.17) is 0 Å². The van der Waals surface area contributed by atoms with Crippen LogP contribution in [0.1, 0.15) is 0 Å². The van der Waals surface area contributed by atoms with Crippen molar-refractivity contribution in [2.45, 2.75) is 0 Å². The van der Waals surface area contributed by atoms with Crippen LogP contribution in [0.5, 0.6) is 0 Å². The Kier molecular flexibility index (Phi) is 6.97. The van der Waals surface area contributed by atoms with Crippen LogP contribution in [0.15, 0.2) is 206 Å². The van der Waals surface area contributed by atoms with Gasteiger partial charge in [0.25, 0.3) is 0 Å². The summed E-state index contributed by atoms with van der Waals surface area (Å²) >= 11 is 0. The number of rotatable bonds is 4. The molecule has 0 fully saturated rings. The van der Waals surface area contributed by atoms with Crippen molar-refractivity contribution in [3.05, 3.63) is 206 Å². The number of fused-ring (bicyclic) bond motifs is 7. The van der Waals surface area contributed by atoms with E-state index >= 15 is 0 Å². The Morgan fingerprint density at radius 3 is 1.41 bits per heavy atom. The first kappa shape index (κ1) is 30.6. The molecule has 0 saturated carbocycles. The maximum atomic E-state index is 2.45. The van der Waals surface area contributed by atoms with Gasteiger partial charge in [0, 0.05) is 0 Å². The zero-order chi connectivity index (χ0) is 35.6. The van der Waals surface area contributed by atoms with Gasteiger partial charge in [-0.15, -0.1) is 0 Å². The van der Waals surface area contributed by atoms with Gasteiger partial charge in [-0.1, -0.05) is 188 Å². The monoisotopic (exact) mass is 682 g/mol. The molecule has 0 nitrogen and oxygen atoms in total. The second-order valence-electron chi connectivity index (χ2n) is 14.4. The maximum Gasteiger partial charge on any atom is -0.00199 e. The van der Waals surface area contributed by atoms with Crippen LogP contribution in [0.4, 0.5) is 0 Å². The fourth-order valence-corrected chi connectivity index (χ4v) is 9.00. The standard InChI is InChI=1S/C54H34/c1-4-21-41-35(14-1)17-12-28-43(41)39-30-31-50-52(34-39)54(47-29-13-18-36-15-2-5-22-42(36)47)49-27-10-9-26-48(49)53(50)40-20-11-19-37(32-40)51-33-38-16-3-6-23-44(38)45-24-7-8-25-46(45)51/h1-34H. The lowest BCUT2D eigenvalue weighted by atomic mass is 9.83. The van der Waals surface area contributed by atoms with Crippen LogP contribution in [0.2, 0.25) is 0 Å². The van der Waals surface area contributed by atoms with E-state index in [9.17, 15) is 0 Å². The molecule has 0 saturated heterocycles.